The van der Waals surface area contributed by atoms with E-state index in [1.807, 2.05) is 0 Å². The number of carbonyl (C=O) groups excluding carboxylic acids is 1. The molecule has 1 unspecified atom stereocenters. The standard InChI is InChI=1S/C9H14N2O2S/c1-13-4-2-7(10)6-8(12)9-11-3-5-14-9/h3,5,7H,2,4,6,10H2,1H3. The first-order valence-corrected chi connectivity index (χ1v) is 5.29. The quantitative estimate of drug-likeness (QED) is 0.720. The average molecular weight is 214 g/mol. The van der Waals surface area contributed by atoms with Crippen molar-refractivity contribution in [3.05, 3.63) is 16.6 Å². The highest BCUT2D eigenvalue weighted by Crippen LogP contribution is 2.09. The van der Waals surface area contributed by atoms with Crippen LogP contribution >= 0.6 is 11.3 Å². The van der Waals surface area contributed by atoms with Crippen LogP contribution in [0, 0.1) is 0 Å². The van der Waals surface area contributed by atoms with Gasteiger partial charge in [0.2, 0.25) is 0 Å². The summed E-state index contributed by atoms with van der Waals surface area (Å²) in [6, 6.07) is -0.133. The molecule has 4 nitrogen and oxygen atoms in total. The van der Waals surface area contributed by atoms with Gasteiger partial charge in [0, 0.05) is 37.8 Å². The van der Waals surface area contributed by atoms with Crippen molar-refractivity contribution in [1.82, 2.24) is 4.98 Å². The normalized spacial score (nSPS) is 12.7. The Morgan fingerprint density at radius 3 is 3.14 bits per heavy atom. The predicted octanol–water partition coefficient (Wildman–Crippen LogP) is 1.08. The minimum absolute atomic E-state index is 0.0172. The minimum Gasteiger partial charge on any atom is -0.385 e. The maximum Gasteiger partial charge on any atom is 0.192 e. The third-order valence-corrected chi connectivity index (χ3v) is 2.63. The van der Waals surface area contributed by atoms with Crippen molar-refractivity contribution >= 4 is 17.1 Å². The highest BCUT2D eigenvalue weighted by Gasteiger charge is 2.13. The summed E-state index contributed by atoms with van der Waals surface area (Å²) in [5.41, 5.74) is 5.74. The van der Waals surface area contributed by atoms with E-state index in [9.17, 15) is 4.79 Å². The van der Waals surface area contributed by atoms with Gasteiger partial charge in [-0.1, -0.05) is 0 Å². The molecule has 0 amide bonds. The zero-order valence-electron chi connectivity index (χ0n) is 8.10. The minimum atomic E-state index is -0.133. The molecule has 5 heteroatoms. The average Bonchev–Trinajstić information content (AvgIpc) is 2.67. The van der Waals surface area contributed by atoms with Crippen LogP contribution in [0.4, 0.5) is 0 Å². The second-order valence-electron chi connectivity index (χ2n) is 3.01. The number of nitrogens with zero attached hydrogens (tertiary/aromatic N) is 1. The molecule has 0 aromatic carbocycles. The Hall–Kier alpha value is -0.780. The number of nitrogens with two attached hydrogens (primary N) is 1. The summed E-state index contributed by atoms with van der Waals surface area (Å²) in [7, 11) is 1.62. The monoisotopic (exact) mass is 214 g/mol. The lowest BCUT2D eigenvalue weighted by Crippen LogP contribution is -2.25. The molecule has 0 saturated carbocycles. The maximum absolute atomic E-state index is 11.5. The second-order valence-corrected chi connectivity index (χ2v) is 3.90. The van der Waals surface area contributed by atoms with Gasteiger partial charge in [-0.15, -0.1) is 11.3 Å². The smallest absolute Gasteiger partial charge is 0.192 e. The van der Waals surface area contributed by atoms with Gasteiger partial charge in [0.25, 0.3) is 0 Å². The first kappa shape index (κ1) is 11.3. The van der Waals surface area contributed by atoms with Crippen molar-refractivity contribution in [2.75, 3.05) is 13.7 Å². The van der Waals surface area contributed by atoms with Crippen LogP contribution in [0.1, 0.15) is 22.6 Å². The van der Waals surface area contributed by atoms with Crippen molar-refractivity contribution in [1.29, 1.82) is 0 Å². The molecule has 1 aromatic heterocycles. The Balaban J connectivity index is 2.34. The van der Waals surface area contributed by atoms with Crippen molar-refractivity contribution in [2.24, 2.45) is 5.73 Å². The van der Waals surface area contributed by atoms with E-state index in [0.717, 1.165) is 0 Å². The topological polar surface area (TPSA) is 65.2 Å². The van der Waals surface area contributed by atoms with E-state index < -0.39 is 0 Å². The van der Waals surface area contributed by atoms with Gasteiger partial charge in [-0.3, -0.25) is 4.79 Å². The van der Waals surface area contributed by atoms with Gasteiger partial charge >= 0.3 is 0 Å². The number of hydrogen-bond donors (Lipinski definition) is 1. The molecule has 78 valence electrons. The number of thiazole rings is 1. The number of ether oxygens (including phenoxy) is 1. The molecule has 0 saturated heterocycles. The lowest BCUT2D eigenvalue weighted by atomic mass is 10.1. The van der Waals surface area contributed by atoms with Crippen LogP contribution in [0.3, 0.4) is 0 Å². The van der Waals surface area contributed by atoms with E-state index in [4.69, 9.17) is 10.5 Å². The highest BCUT2D eigenvalue weighted by molar-refractivity contribution is 7.11. The Bertz CT molecular complexity index is 274. The van der Waals surface area contributed by atoms with Gasteiger partial charge in [-0.05, 0) is 6.42 Å². The summed E-state index contributed by atoms with van der Waals surface area (Å²) in [5.74, 6) is 0.0172. The third-order valence-electron chi connectivity index (χ3n) is 1.81. The Morgan fingerprint density at radius 1 is 1.79 bits per heavy atom. The van der Waals surface area contributed by atoms with Crippen LogP contribution in [0.25, 0.3) is 0 Å². The molecule has 1 heterocycles. The molecule has 14 heavy (non-hydrogen) atoms. The van der Waals surface area contributed by atoms with Crippen LogP contribution in [-0.2, 0) is 4.74 Å². The second kappa shape index (κ2) is 5.85. The van der Waals surface area contributed by atoms with E-state index in [1.165, 1.54) is 11.3 Å². The zero-order chi connectivity index (χ0) is 10.4. The number of aromatic nitrogens is 1. The summed E-state index contributed by atoms with van der Waals surface area (Å²) in [4.78, 5) is 15.4. The summed E-state index contributed by atoms with van der Waals surface area (Å²) in [6.45, 7) is 0.590. The van der Waals surface area contributed by atoms with E-state index in [2.05, 4.69) is 4.98 Å². The molecule has 0 fully saturated rings. The van der Waals surface area contributed by atoms with Crippen LogP contribution in [-0.4, -0.2) is 30.5 Å². The third kappa shape index (κ3) is 3.53. The summed E-state index contributed by atoms with van der Waals surface area (Å²) < 4.78 is 4.88. The van der Waals surface area contributed by atoms with E-state index in [-0.39, 0.29) is 11.8 Å². The molecule has 0 aliphatic carbocycles. The van der Waals surface area contributed by atoms with Crippen LogP contribution in [0.5, 0.6) is 0 Å². The molecule has 0 spiro atoms. The molecule has 0 radical (unpaired) electrons. The molecule has 1 rings (SSSR count). The number of carbonyl (C=O) groups is 1. The number of rotatable bonds is 6. The van der Waals surface area contributed by atoms with Crippen LogP contribution in [0.2, 0.25) is 0 Å². The number of methoxy groups -OCH3 is 1. The van der Waals surface area contributed by atoms with Crippen molar-refractivity contribution in [2.45, 2.75) is 18.9 Å². The van der Waals surface area contributed by atoms with Gasteiger partial charge in [0.15, 0.2) is 10.8 Å². The van der Waals surface area contributed by atoms with Crippen molar-refractivity contribution in [3.8, 4) is 0 Å². The Kier molecular flexibility index (Phi) is 4.72. The van der Waals surface area contributed by atoms with E-state index >= 15 is 0 Å². The lowest BCUT2D eigenvalue weighted by molar-refractivity contribution is 0.0966. The molecule has 1 aromatic rings. The molecule has 2 N–H and O–H groups in total. The van der Waals surface area contributed by atoms with Gasteiger partial charge in [0.05, 0.1) is 0 Å². The molecule has 1 atom stereocenters. The Morgan fingerprint density at radius 2 is 2.57 bits per heavy atom. The van der Waals surface area contributed by atoms with Crippen LogP contribution < -0.4 is 5.73 Å². The number of ketones is 1. The fourth-order valence-electron chi connectivity index (χ4n) is 1.06. The fraction of sp³-hybridized carbons (Fsp3) is 0.556. The number of Topliss-reactive ketones (excluding diaryl/α,β-unsaturated/α-hetero) is 1. The van der Waals surface area contributed by atoms with Crippen LogP contribution in [0.15, 0.2) is 11.6 Å². The maximum atomic E-state index is 11.5. The van der Waals surface area contributed by atoms with E-state index in [1.54, 1.807) is 18.7 Å². The summed E-state index contributed by atoms with van der Waals surface area (Å²) >= 11 is 1.35. The fourth-order valence-corrected chi connectivity index (χ4v) is 1.64. The molecule has 0 aliphatic rings. The van der Waals surface area contributed by atoms with Crippen molar-refractivity contribution in [3.63, 3.8) is 0 Å². The summed E-state index contributed by atoms with van der Waals surface area (Å²) in [6.07, 6.45) is 2.67. The molecular weight excluding hydrogens is 200 g/mol. The predicted molar refractivity (Wildman–Crippen MR) is 55.5 cm³/mol. The molecular formula is C9H14N2O2S. The van der Waals surface area contributed by atoms with E-state index in [0.29, 0.717) is 24.5 Å². The summed E-state index contributed by atoms with van der Waals surface area (Å²) in [5, 5.41) is 2.33. The van der Waals surface area contributed by atoms with Gasteiger partial charge in [-0.25, -0.2) is 4.98 Å². The largest absolute Gasteiger partial charge is 0.385 e. The number of hydrogen-bond acceptors (Lipinski definition) is 5. The Labute approximate surface area is 87.1 Å². The van der Waals surface area contributed by atoms with Gasteiger partial charge < -0.3 is 10.5 Å². The lowest BCUT2D eigenvalue weighted by Gasteiger charge is -2.08. The van der Waals surface area contributed by atoms with Gasteiger partial charge in [-0.2, -0.15) is 0 Å². The van der Waals surface area contributed by atoms with Crippen molar-refractivity contribution < 1.29 is 9.53 Å². The first-order valence-electron chi connectivity index (χ1n) is 4.41. The first-order chi connectivity index (χ1) is 6.74. The zero-order valence-corrected chi connectivity index (χ0v) is 8.92. The highest BCUT2D eigenvalue weighted by atomic mass is 32.1. The molecule has 0 aliphatic heterocycles. The SMILES string of the molecule is COCCC(N)CC(=O)c1nccs1. The molecule has 0 bridgehead atoms. The van der Waals surface area contributed by atoms with Gasteiger partial charge in [0.1, 0.15) is 0 Å².